The number of hydrogen-bond donors (Lipinski definition) is 1. The van der Waals surface area contributed by atoms with Gasteiger partial charge in [-0.3, -0.25) is 0 Å². The lowest BCUT2D eigenvalue weighted by Crippen LogP contribution is -2.41. The van der Waals surface area contributed by atoms with Crippen LogP contribution in [0, 0.1) is 11.3 Å². The molecule has 4 nitrogen and oxygen atoms in total. The molecule has 96 valence electrons. The van der Waals surface area contributed by atoms with E-state index in [9.17, 15) is 0 Å². The Hall–Kier alpha value is -0.900. The Bertz CT molecular complexity index is 387. The number of nitrogens with zero attached hydrogens (tertiary/aromatic N) is 3. The van der Waals surface area contributed by atoms with Crippen molar-refractivity contribution in [1.82, 2.24) is 20.1 Å². The zero-order valence-electron chi connectivity index (χ0n) is 11.6. The summed E-state index contributed by atoms with van der Waals surface area (Å²) in [7, 11) is 0. The van der Waals surface area contributed by atoms with Crippen LogP contribution in [0.2, 0.25) is 0 Å². The van der Waals surface area contributed by atoms with Crippen LogP contribution in [0.3, 0.4) is 0 Å². The summed E-state index contributed by atoms with van der Waals surface area (Å²) in [5.41, 5.74) is 0.181. The molecule has 2 rings (SSSR count). The Morgan fingerprint density at radius 2 is 2.06 bits per heavy atom. The van der Waals surface area contributed by atoms with Gasteiger partial charge < -0.3 is 9.88 Å². The molecule has 1 aromatic heterocycles. The van der Waals surface area contributed by atoms with Gasteiger partial charge in [0, 0.05) is 19.5 Å². The van der Waals surface area contributed by atoms with Crippen molar-refractivity contribution in [3.8, 4) is 0 Å². The highest BCUT2D eigenvalue weighted by atomic mass is 15.3. The zero-order valence-corrected chi connectivity index (χ0v) is 11.6. The van der Waals surface area contributed by atoms with Crippen molar-refractivity contribution in [3.05, 3.63) is 11.6 Å². The standard InChI is InChI=1S/C13H24N4/c1-9(2)8-10-15-16-12-11(13(3,4)5)14-6-7-17(10)12/h9,11,14H,6-8H2,1-5H3. The van der Waals surface area contributed by atoms with Crippen LogP contribution in [0.5, 0.6) is 0 Å². The molecule has 0 spiro atoms. The molecule has 2 heterocycles. The summed E-state index contributed by atoms with van der Waals surface area (Å²) in [6.07, 6.45) is 1.02. The molecule has 1 N–H and O–H groups in total. The normalized spacial score (nSPS) is 20.7. The summed E-state index contributed by atoms with van der Waals surface area (Å²) < 4.78 is 2.31. The molecule has 0 saturated heterocycles. The third-order valence-electron chi connectivity index (χ3n) is 3.25. The molecule has 1 atom stereocenters. The maximum atomic E-state index is 4.41. The molecule has 0 aromatic carbocycles. The van der Waals surface area contributed by atoms with E-state index in [-0.39, 0.29) is 5.41 Å². The van der Waals surface area contributed by atoms with Crippen LogP contribution in [0.15, 0.2) is 0 Å². The van der Waals surface area contributed by atoms with Gasteiger partial charge in [0.15, 0.2) is 5.82 Å². The fourth-order valence-electron chi connectivity index (χ4n) is 2.43. The van der Waals surface area contributed by atoms with Crippen molar-refractivity contribution in [1.29, 1.82) is 0 Å². The molecular weight excluding hydrogens is 212 g/mol. The van der Waals surface area contributed by atoms with Gasteiger partial charge in [-0.1, -0.05) is 34.6 Å². The Labute approximate surface area is 104 Å². The topological polar surface area (TPSA) is 42.7 Å². The summed E-state index contributed by atoms with van der Waals surface area (Å²) in [6, 6.07) is 0.310. The minimum atomic E-state index is 0.181. The first-order valence-electron chi connectivity index (χ1n) is 6.55. The number of nitrogens with one attached hydrogen (secondary N) is 1. The average Bonchev–Trinajstić information content (AvgIpc) is 2.59. The van der Waals surface area contributed by atoms with Crippen molar-refractivity contribution < 1.29 is 0 Å². The van der Waals surface area contributed by atoms with E-state index >= 15 is 0 Å². The van der Waals surface area contributed by atoms with Crippen molar-refractivity contribution in [2.24, 2.45) is 11.3 Å². The van der Waals surface area contributed by atoms with Crippen LogP contribution in [0.4, 0.5) is 0 Å². The minimum Gasteiger partial charge on any atom is -0.312 e. The number of aromatic nitrogens is 3. The Morgan fingerprint density at radius 3 is 2.65 bits per heavy atom. The molecule has 17 heavy (non-hydrogen) atoms. The van der Waals surface area contributed by atoms with Crippen molar-refractivity contribution in [2.75, 3.05) is 6.54 Å². The van der Waals surface area contributed by atoms with E-state index in [4.69, 9.17) is 0 Å². The van der Waals surface area contributed by atoms with Crippen molar-refractivity contribution in [3.63, 3.8) is 0 Å². The molecule has 1 aliphatic heterocycles. The van der Waals surface area contributed by atoms with E-state index in [1.165, 1.54) is 0 Å². The van der Waals surface area contributed by atoms with Gasteiger partial charge in [0.25, 0.3) is 0 Å². The Kier molecular flexibility index (Phi) is 3.25. The van der Waals surface area contributed by atoms with Gasteiger partial charge in [-0.15, -0.1) is 10.2 Å². The largest absolute Gasteiger partial charge is 0.312 e. The first-order chi connectivity index (χ1) is 7.89. The average molecular weight is 236 g/mol. The van der Waals surface area contributed by atoms with Crippen LogP contribution >= 0.6 is 0 Å². The summed E-state index contributed by atoms with van der Waals surface area (Å²) in [5.74, 6) is 2.89. The summed E-state index contributed by atoms with van der Waals surface area (Å²) in [6.45, 7) is 13.2. The SMILES string of the molecule is CC(C)Cc1nnc2n1CCNC2C(C)(C)C. The number of rotatable bonds is 2. The van der Waals surface area contributed by atoms with Crippen LogP contribution in [-0.4, -0.2) is 21.3 Å². The monoisotopic (exact) mass is 236 g/mol. The second kappa shape index (κ2) is 4.41. The van der Waals surface area contributed by atoms with Gasteiger partial charge in [0.2, 0.25) is 0 Å². The molecule has 0 amide bonds. The first kappa shape index (κ1) is 12.6. The lowest BCUT2D eigenvalue weighted by Gasteiger charge is -2.34. The van der Waals surface area contributed by atoms with Gasteiger partial charge in [0.05, 0.1) is 6.04 Å². The predicted molar refractivity (Wildman–Crippen MR) is 68.8 cm³/mol. The number of fused-ring (bicyclic) bond motifs is 1. The Morgan fingerprint density at radius 1 is 1.35 bits per heavy atom. The van der Waals surface area contributed by atoms with Crippen LogP contribution in [-0.2, 0) is 13.0 Å². The molecule has 0 saturated carbocycles. The van der Waals surface area contributed by atoms with Crippen molar-refractivity contribution >= 4 is 0 Å². The lowest BCUT2D eigenvalue weighted by atomic mass is 9.85. The quantitative estimate of drug-likeness (QED) is 0.855. The summed E-state index contributed by atoms with van der Waals surface area (Å²) in [4.78, 5) is 0. The zero-order chi connectivity index (χ0) is 12.6. The minimum absolute atomic E-state index is 0.181. The third-order valence-corrected chi connectivity index (χ3v) is 3.25. The van der Waals surface area contributed by atoms with Crippen molar-refractivity contribution in [2.45, 2.75) is 53.6 Å². The highest BCUT2D eigenvalue weighted by Gasteiger charge is 2.33. The van der Waals surface area contributed by atoms with Crippen LogP contribution in [0.25, 0.3) is 0 Å². The van der Waals surface area contributed by atoms with Gasteiger partial charge >= 0.3 is 0 Å². The molecule has 1 unspecified atom stereocenters. The van der Waals surface area contributed by atoms with E-state index < -0.39 is 0 Å². The number of hydrogen-bond acceptors (Lipinski definition) is 3. The second-order valence-electron chi connectivity index (χ2n) is 6.48. The molecular formula is C13H24N4. The molecule has 0 bridgehead atoms. The lowest BCUT2D eigenvalue weighted by molar-refractivity contribution is 0.231. The molecule has 1 aromatic rings. The second-order valence-corrected chi connectivity index (χ2v) is 6.48. The van der Waals surface area contributed by atoms with Gasteiger partial charge in [-0.2, -0.15) is 0 Å². The fraction of sp³-hybridized carbons (Fsp3) is 0.846. The fourth-order valence-corrected chi connectivity index (χ4v) is 2.43. The van der Waals surface area contributed by atoms with Gasteiger partial charge in [0.1, 0.15) is 5.82 Å². The van der Waals surface area contributed by atoms with E-state index in [1.807, 2.05) is 0 Å². The Balaban J connectivity index is 2.31. The highest BCUT2D eigenvalue weighted by Crippen LogP contribution is 2.33. The van der Waals surface area contributed by atoms with E-state index in [0.29, 0.717) is 12.0 Å². The molecule has 4 heteroatoms. The van der Waals surface area contributed by atoms with Crippen LogP contribution in [0.1, 0.15) is 52.3 Å². The predicted octanol–water partition coefficient (Wildman–Crippen LogP) is 2.17. The maximum Gasteiger partial charge on any atom is 0.150 e. The molecule has 0 aliphatic carbocycles. The third kappa shape index (κ3) is 2.51. The first-order valence-corrected chi connectivity index (χ1v) is 6.55. The van der Waals surface area contributed by atoms with Gasteiger partial charge in [-0.25, -0.2) is 0 Å². The smallest absolute Gasteiger partial charge is 0.150 e. The molecule has 1 aliphatic rings. The van der Waals surface area contributed by atoms with Crippen LogP contribution < -0.4 is 5.32 Å². The summed E-state index contributed by atoms with van der Waals surface area (Å²) >= 11 is 0. The van der Waals surface area contributed by atoms with E-state index in [2.05, 4.69) is 54.7 Å². The maximum absolute atomic E-state index is 4.41. The molecule has 0 fully saturated rings. The van der Waals surface area contributed by atoms with Gasteiger partial charge in [-0.05, 0) is 11.3 Å². The van der Waals surface area contributed by atoms with E-state index in [1.54, 1.807) is 0 Å². The highest BCUT2D eigenvalue weighted by molar-refractivity contribution is 5.08. The van der Waals surface area contributed by atoms with E-state index in [0.717, 1.165) is 31.2 Å². The summed E-state index contributed by atoms with van der Waals surface area (Å²) in [5, 5.41) is 12.3. The molecule has 0 radical (unpaired) electrons.